The number of nitrogens with one attached hydrogen (secondary N) is 1. The lowest BCUT2D eigenvalue weighted by Gasteiger charge is -2.16. The van der Waals surface area contributed by atoms with Gasteiger partial charge in [0.15, 0.2) is 0 Å². The monoisotopic (exact) mass is 343 g/mol. The van der Waals surface area contributed by atoms with Crippen molar-refractivity contribution in [2.45, 2.75) is 19.9 Å². The lowest BCUT2D eigenvalue weighted by molar-refractivity contribution is -0.385. The fourth-order valence-electron chi connectivity index (χ4n) is 1.73. The Balaban J connectivity index is 2.62. The smallest absolute Gasteiger partial charge is 0.283 e. The number of nitro benzene ring substituents is 1. The van der Waals surface area contributed by atoms with Crippen molar-refractivity contribution in [2.75, 3.05) is 20.1 Å². The molecule has 7 heteroatoms. The second kappa shape index (κ2) is 7.96. The van der Waals surface area contributed by atoms with Crippen LogP contribution in [0.5, 0.6) is 0 Å². The Hall–Kier alpha value is -1.47. The van der Waals surface area contributed by atoms with Gasteiger partial charge in [-0.05, 0) is 41.0 Å². The fraction of sp³-hybridized carbons (Fsp3) is 0.462. The summed E-state index contributed by atoms with van der Waals surface area (Å²) < 4.78 is 0.453. The molecular formula is C13H18BrN3O3. The summed E-state index contributed by atoms with van der Waals surface area (Å²) >= 11 is 3.15. The first-order chi connectivity index (χ1) is 9.43. The lowest BCUT2D eigenvalue weighted by Crippen LogP contribution is -2.35. The van der Waals surface area contributed by atoms with Crippen molar-refractivity contribution >= 4 is 27.5 Å². The summed E-state index contributed by atoms with van der Waals surface area (Å²) in [5.41, 5.74) is 0.831. The Morgan fingerprint density at radius 3 is 2.80 bits per heavy atom. The number of hydrogen-bond donors (Lipinski definition) is 1. The summed E-state index contributed by atoms with van der Waals surface area (Å²) in [5, 5.41) is 13.6. The molecule has 1 amide bonds. The van der Waals surface area contributed by atoms with Crippen LogP contribution in [0.4, 0.5) is 5.69 Å². The van der Waals surface area contributed by atoms with E-state index in [1.807, 2.05) is 11.8 Å². The molecule has 0 aliphatic heterocycles. The third kappa shape index (κ3) is 5.26. The molecule has 0 atom stereocenters. The molecule has 0 fully saturated rings. The SMILES string of the molecule is CCCNC(=O)CN(C)Cc1ccc(Br)c([N+](=O)[O-])c1. The first-order valence-electron chi connectivity index (χ1n) is 6.32. The molecule has 0 aliphatic carbocycles. The predicted molar refractivity (Wildman–Crippen MR) is 80.4 cm³/mol. The minimum atomic E-state index is -0.429. The van der Waals surface area contributed by atoms with Crippen LogP contribution in [-0.4, -0.2) is 35.9 Å². The van der Waals surface area contributed by atoms with Gasteiger partial charge in [0.05, 0.1) is 15.9 Å². The number of benzene rings is 1. The first-order valence-corrected chi connectivity index (χ1v) is 7.11. The van der Waals surface area contributed by atoms with Gasteiger partial charge in [-0.25, -0.2) is 0 Å². The van der Waals surface area contributed by atoms with Crippen LogP contribution in [0, 0.1) is 10.1 Å². The molecule has 0 radical (unpaired) electrons. The molecule has 0 unspecified atom stereocenters. The zero-order valence-electron chi connectivity index (χ0n) is 11.6. The van der Waals surface area contributed by atoms with Crippen LogP contribution in [0.25, 0.3) is 0 Å². The Labute approximate surface area is 126 Å². The topological polar surface area (TPSA) is 75.5 Å². The van der Waals surface area contributed by atoms with Gasteiger partial charge in [-0.15, -0.1) is 0 Å². The minimum Gasteiger partial charge on any atom is -0.355 e. The highest BCUT2D eigenvalue weighted by Gasteiger charge is 2.13. The van der Waals surface area contributed by atoms with Gasteiger partial charge in [0.1, 0.15) is 0 Å². The second-order valence-corrected chi connectivity index (χ2v) is 5.42. The Morgan fingerprint density at radius 1 is 1.50 bits per heavy atom. The third-order valence-electron chi connectivity index (χ3n) is 2.65. The van der Waals surface area contributed by atoms with Crippen molar-refractivity contribution in [3.63, 3.8) is 0 Å². The highest BCUT2D eigenvalue weighted by Crippen LogP contribution is 2.25. The molecule has 110 valence electrons. The summed E-state index contributed by atoms with van der Waals surface area (Å²) in [5.74, 6) is -0.0408. The van der Waals surface area contributed by atoms with Gasteiger partial charge in [0.2, 0.25) is 5.91 Å². The quantitative estimate of drug-likeness (QED) is 0.608. The van der Waals surface area contributed by atoms with Gasteiger partial charge in [0.25, 0.3) is 5.69 Å². The number of likely N-dealkylation sites (N-methyl/N-ethyl adjacent to an activating group) is 1. The molecule has 0 bridgehead atoms. The average Bonchev–Trinajstić information content (AvgIpc) is 2.38. The fourth-order valence-corrected chi connectivity index (χ4v) is 2.12. The normalized spacial score (nSPS) is 10.6. The molecule has 1 rings (SSSR count). The van der Waals surface area contributed by atoms with Crippen LogP contribution in [0.3, 0.4) is 0 Å². The van der Waals surface area contributed by atoms with Crippen LogP contribution >= 0.6 is 15.9 Å². The van der Waals surface area contributed by atoms with Crippen LogP contribution in [-0.2, 0) is 11.3 Å². The number of hydrogen-bond acceptors (Lipinski definition) is 4. The number of nitrogens with zero attached hydrogens (tertiary/aromatic N) is 2. The van der Waals surface area contributed by atoms with Crippen molar-refractivity contribution < 1.29 is 9.72 Å². The van der Waals surface area contributed by atoms with Crippen molar-refractivity contribution in [3.05, 3.63) is 38.3 Å². The highest BCUT2D eigenvalue weighted by molar-refractivity contribution is 9.10. The Kier molecular flexibility index (Phi) is 6.60. The molecular weight excluding hydrogens is 326 g/mol. The van der Waals surface area contributed by atoms with Crippen LogP contribution in [0.15, 0.2) is 22.7 Å². The maximum atomic E-state index is 11.6. The molecule has 1 N–H and O–H groups in total. The van der Waals surface area contributed by atoms with Crippen LogP contribution in [0.1, 0.15) is 18.9 Å². The summed E-state index contributed by atoms with van der Waals surface area (Å²) in [6.45, 7) is 3.40. The van der Waals surface area contributed by atoms with Crippen molar-refractivity contribution in [3.8, 4) is 0 Å². The van der Waals surface area contributed by atoms with Crippen LogP contribution in [0.2, 0.25) is 0 Å². The summed E-state index contributed by atoms with van der Waals surface area (Å²) in [7, 11) is 1.80. The number of rotatable bonds is 7. The van der Waals surface area contributed by atoms with E-state index in [2.05, 4.69) is 21.2 Å². The van der Waals surface area contributed by atoms with Crippen molar-refractivity contribution in [2.24, 2.45) is 0 Å². The number of carbonyl (C=O) groups is 1. The van der Waals surface area contributed by atoms with Crippen molar-refractivity contribution in [1.82, 2.24) is 10.2 Å². The molecule has 0 saturated carbocycles. The van der Waals surface area contributed by atoms with Gasteiger partial charge < -0.3 is 5.32 Å². The number of amides is 1. The van der Waals surface area contributed by atoms with E-state index in [9.17, 15) is 14.9 Å². The molecule has 6 nitrogen and oxygen atoms in total. The number of carbonyl (C=O) groups excluding carboxylic acids is 1. The average molecular weight is 344 g/mol. The van der Waals surface area contributed by atoms with E-state index in [1.54, 1.807) is 19.2 Å². The molecule has 1 aromatic carbocycles. The molecule has 0 aromatic heterocycles. The molecule has 0 saturated heterocycles. The lowest BCUT2D eigenvalue weighted by atomic mass is 10.2. The van der Waals surface area contributed by atoms with E-state index in [0.29, 0.717) is 17.6 Å². The second-order valence-electron chi connectivity index (χ2n) is 4.57. The minimum absolute atomic E-state index is 0.0336. The number of nitro groups is 1. The summed E-state index contributed by atoms with van der Waals surface area (Å²) in [6, 6.07) is 4.97. The van der Waals surface area contributed by atoms with E-state index < -0.39 is 4.92 Å². The molecule has 20 heavy (non-hydrogen) atoms. The van der Waals surface area contributed by atoms with Gasteiger partial charge in [0, 0.05) is 19.2 Å². The van der Waals surface area contributed by atoms with Gasteiger partial charge in [-0.1, -0.05) is 13.0 Å². The van der Waals surface area contributed by atoms with E-state index in [-0.39, 0.29) is 18.1 Å². The molecule has 0 spiro atoms. The van der Waals surface area contributed by atoms with Gasteiger partial charge in [-0.2, -0.15) is 0 Å². The Morgan fingerprint density at radius 2 is 2.20 bits per heavy atom. The van der Waals surface area contributed by atoms with E-state index in [0.717, 1.165) is 12.0 Å². The third-order valence-corrected chi connectivity index (χ3v) is 3.32. The zero-order valence-corrected chi connectivity index (χ0v) is 13.1. The van der Waals surface area contributed by atoms with Gasteiger partial charge >= 0.3 is 0 Å². The van der Waals surface area contributed by atoms with Crippen LogP contribution < -0.4 is 5.32 Å². The maximum absolute atomic E-state index is 11.6. The number of halogens is 1. The van der Waals surface area contributed by atoms with E-state index >= 15 is 0 Å². The Bertz CT molecular complexity index is 494. The molecule has 0 heterocycles. The van der Waals surface area contributed by atoms with Gasteiger partial charge in [-0.3, -0.25) is 19.8 Å². The summed E-state index contributed by atoms with van der Waals surface area (Å²) in [4.78, 5) is 23.8. The summed E-state index contributed by atoms with van der Waals surface area (Å²) in [6.07, 6.45) is 0.897. The van der Waals surface area contributed by atoms with E-state index in [4.69, 9.17) is 0 Å². The molecule has 1 aromatic rings. The highest BCUT2D eigenvalue weighted by atomic mass is 79.9. The largest absolute Gasteiger partial charge is 0.355 e. The van der Waals surface area contributed by atoms with Crippen molar-refractivity contribution in [1.29, 1.82) is 0 Å². The maximum Gasteiger partial charge on any atom is 0.283 e. The zero-order chi connectivity index (χ0) is 15.1. The molecule has 0 aliphatic rings. The standard InChI is InChI=1S/C13H18BrN3O3/c1-3-6-15-13(18)9-16(2)8-10-4-5-11(14)12(7-10)17(19)20/h4-5,7H,3,6,8-9H2,1-2H3,(H,15,18). The first kappa shape index (κ1) is 16.6. The van der Waals surface area contributed by atoms with E-state index in [1.165, 1.54) is 6.07 Å². The predicted octanol–water partition coefficient (Wildman–Crippen LogP) is 2.32.